The lowest BCUT2D eigenvalue weighted by molar-refractivity contribution is -0.126. The minimum absolute atomic E-state index is 0.264. The number of anilines is 1. The highest BCUT2D eigenvalue weighted by atomic mass is 16.1. The van der Waals surface area contributed by atoms with Gasteiger partial charge in [-0.2, -0.15) is 0 Å². The third-order valence-electron chi connectivity index (χ3n) is 6.28. The van der Waals surface area contributed by atoms with E-state index >= 15 is 0 Å². The summed E-state index contributed by atoms with van der Waals surface area (Å²) in [6, 6.07) is 14.5. The number of para-hydroxylation sites is 1. The van der Waals surface area contributed by atoms with Crippen LogP contribution in [0.4, 0.5) is 5.69 Å². The Labute approximate surface area is 167 Å². The average Bonchev–Trinajstić information content (AvgIpc) is 2.75. The van der Waals surface area contributed by atoms with Crippen LogP contribution in [0, 0.1) is 0 Å². The molecule has 2 N–H and O–H groups in total. The lowest BCUT2D eigenvalue weighted by Gasteiger charge is -2.41. The Morgan fingerprint density at radius 3 is 2.54 bits per heavy atom. The number of nitrogens with two attached hydrogens (primary N) is 1. The van der Waals surface area contributed by atoms with Gasteiger partial charge in [-0.25, -0.2) is 0 Å². The van der Waals surface area contributed by atoms with E-state index in [1.54, 1.807) is 6.20 Å². The van der Waals surface area contributed by atoms with Crippen molar-refractivity contribution in [1.82, 2.24) is 9.88 Å². The predicted octanol–water partition coefficient (Wildman–Crippen LogP) is 3.09. The zero-order valence-electron chi connectivity index (χ0n) is 16.5. The van der Waals surface area contributed by atoms with E-state index in [1.165, 1.54) is 30.5 Å². The first-order valence-electron chi connectivity index (χ1n) is 10.5. The number of amides is 1. The van der Waals surface area contributed by atoms with E-state index in [9.17, 15) is 4.79 Å². The van der Waals surface area contributed by atoms with Crippen LogP contribution in [-0.2, 0) is 16.8 Å². The molecule has 1 amide bonds. The molecule has 148 valence electrons. The number of carbonyl (C=O) groups is 1. The minimum Gasteiger partial charge on any atom is -0.371 e. The average molecular weight is 379 g/mol. The molecular formula is C23H30N4O. The molecule has 5 nitrogen and oxygen atoms in total. The van der Waals surface area contributed by atoms with E-state index in [0.29, 0.717) is 6.54 Å². The highest BCUT2D eigenvalue weighted by Crippen LogP contribution is 2.34. The molecule has 1 aromatic heterocycles. The van der Waals surface area contributed by atoms with Gasteiger partial charge in [-0.15, -0.1) is 0 Å². The van der Waals surface area contributed by atoms with Gasteiger partial charge < -0.3 is 10.6 Å². The zero-order chi connectivity index (χ0) is 19.4. The Hall–Kier alpha value is -2.40. The van der Waals surface area contributed by atoms with Gasteiger partial charge in [0.15, 0.2) is 0 Å². The first kappa shape index (κ1) is 18.9. The number of pyridine rings is 1. The number of carbonyl (C=O) groups excluding carboxylic acids is 1. The van der Waals surface area contributed by atoms with Crippen LogP contribution in [0.2, 0.25) is 0 Å². The Bertz CT molecular complexity index is 803. The van der Waals surface area contributed by atoms with Crippen molar-refractivity contribution >= 4 is 11.6 Å². The fourth-order valence-corrected chi connectivity index (χ4v) is 4.79. The van der Waals surface area contributed by atoms with Crippen LogP contribution in [-0.4, -0.2) is 42.0 Å². The van der Waals surface area contributed by atoms with E-state index in [1.807, 2.05) is 18.2 Å². The van der Waals surface area contributed by atoms with Crippen LogP contribution < -0.4 is 10.6 Å². The molecule has 1 atom stereocenters. The van der Waals surface area contributed by atoms with Crippen molar-refractivity contribution < 1.29 is 4.79 Å². The number of rotatable bonds is 5. The smallest absolute Gasteiger partial charge is 0.230 e. The molecule has 3 heterocycles. The molecular weight excluding hydrogens is 348 g/mol. The maximum atomic E-state index is 12.5. The molecule has 2 aliphatic rings. The van der Waals surface area contributed by atoms with Gasteiger partial charge in [-0.3, -0.25) is 14.7 Å². The maximum Gasteiger partial charge on any atom is 0.230 e. The molecule has 28 heavy (non-hydrogen) atoms. The molecule has 2 fully saturated rings. The topological polar surface area (TPSA) is 62.5 Å². The number of piperidine rings is 2. The maximum absolute atomic E-state index is 12.5. The Morgan fingerprint density at radius 2 is 1.79 bits per heavy atom. The normalized spacial score (nSPS) is 23.5. The number of aromatic nitrogens is 1. The summed E-state index contributed by atoms with van der Waals surface area (Å²) < 4.78 is 0. The first-order chi connectivity index (χ1) is 13.7. The molecule has 2 aromatic rings. The summed E-state index contributed by atoms with van der Waals surface area (Å²) in [4.78, 5) is 21.9. The van der Waals surface area contributed by atoms with Crippen molar-refractivity contribution in [3.8, 4) is 0 Å². The minimum atomic E-state index is -0.695. The van der Waals surface area contributed by atoms with Gasteiger partial charge in [0, 0.05) is 38.1 Å². The molecule has 1 unspecified atom stereocenters. The summed E-state index contributed by atoms with van der Waals surface area (Å²) in [6.07, 6.45) is 7.33. The van der Waals surface area contributed by atoms with Gasteiger partial charge in [0.05, 0.1) is 5.69 Å². The standard InChI is InChI=1S/C23H30N4O/c24-22(28)23(21-11-4-5-13-25-21)12-8-14-26(18-23)17-19-9-2-3-10-20(19)27-15-6-1-7-16-27/h2-5,9-11,13H,1,6-8,12,14-18H2,(H2,24,28). The molecule has 0 radical (unpaired) electrons. The van der Waals surface area contributed by atoms with Crippen LogP contribution in [0.25, 0.3) is 0 Å². The Balaban J connectivity index is 1.57. The van der Waals surface area contributed by atoms with Crippen molar-refractivity contribution in [3.63, 3.8) is 0 Å². The van der Waals surface area contributed by atoms with Gasteiger partial charge in [0.1, 0.15) is 5.41 Å². The number of benzene rings is 1. The summed E-state index contributed by atoms with van der Waals surface area (Å²) in [7, 11) is 0. The van der Waals surface area contributed by atoms with Crippen molar-refractivity contribution in [3.05, 3.63) is 59.9 Å². The molecule has 0 spiro atoms. The Kier molecular flexibility index (Phi) is 5.62. The summed E-state index contributed by atoms with van der Waals surface area (Å²) in [5, 5.41) is 0. The molecule has 5 heteroatoms. The van der Waals surface area contributed by atoms with Crippen molar-refractivity contribution in [1.29, 1.82) is 0 Å². The number of hydrogen-bond donors (Lipinski definition) is 1. The van der Waals surface area contributed by atoms with Gasteiger partial charge in [0.2, 0.25) is 5.91 Å². The fraction of sp³-hybridized carbons (Fsp3) is 0.478. The Morgan fingerprint density at radius 1 is 1.00 bits per heavy atom. The lowest BCUT2D eigenvalue weighted by atomic mass is 9.76. The first-order valence-corrected chi connectivity index (χ1v) is 10.5. The SMILES string of the molecule is NC(=O)C1(c2ccccn2)CCCN(Cc2ccccc2N2CCCCC2)C1. The van der Waals surface area contributed by atoms with E-state index in [-0.39, 0.29) is 5.91 Å². The quantitative estimate of drug-likeness (QED) is 0.868. The van der Waals surface area contributed by atoms with Gasteiger partial charge in [0.25, 0.3) is 0 Å². The molecule has 0 aliphatic carbocycles. The summed E-state index contributed by atoms with van der Waals surface area (Å²) in [5.41, 5.74) is 8.71. The summed E-state index contributed by atoms with van der Waals surface area (Å²) >= 11 is 0. The highest BCUT2D eigenvalue weighted by molar-refractivity contribution is 5.86. The second-order valence-electron chi connectivity index (χ2n) is 8.15. The second kappa shape index (κ2) is 8.31. The fourth-order valence-electron chi connectivity index (χ4n) is 4.79. The van der Waals surface area contributed by atoms with Crippen molar-refractivity contribution in [2.45, 2.75) is 44.1 Å². The van der Waals surface area contributed by atoms with Crippen LogP contribution in [0.3, 0.4) is 0 Å². The zero-order valence-corrected chi connectivity index (χ0v) is 16.5. The second-order valence-corrected chi connectivity index (χ2v) is 8.15. The van der Waals surface area contributed by atoms with Gasteiger partial charge in [-0.1, -0.05) is 24.3 Å². The lowest BCUT2D eigenvalue weighted by Crippen LogP contribution is -2.53. The largest absolute Gasteiger partial charge is 0.371 e. The van der Waals surface area contributed by atoms with Gasteiger partial charge in [-0.05, 0) is 62.4 Å². The number of primary amides is 1. The summed E-state index contributed by atoms with van der Waals surface area (Å²) in [5.74, 6) is -0.264. The van der Waals surface area contributed by atoms with Crippen LogP contribution >= 0.6 is 0 Å². The molecule has 2 aliphatic heterocycles. The van der Waals surface area contributed by atoms with Crippen molar-refractivity contribution in [2.75, 3.05) is 31.1 Å². The third-order valence-corrected chi connectivity index (χ3v) is 6.28. The van der Waals surface area contributed by atoms with Crippen LogP contribution in [0.5, 0.6) is 0 Å². The molecule has 4 rings (SSSR count). The number of hydrogen-bond acceptors (Lipinski definition) is 4. The van der Waals surface area contributed by atoms with E-state index in [0.717, 1.165) is 44.7 Å². The van der Waals surface area contributed by atoms with E-state index in [2.05, 4.69) is 39.0 Å². The van der Waals surface area contributed by atoms with Crippen LogP contribution in [0.1, 0.15) is 43.4 Å². The molecule has 0 bridgehead atoms. The molecule has 0 saturated carbocycles. The predicted molar refractivity (Wildman–Crippen MR) is 112 cm³/mol. The number of likely N-dealkylation sites (tertiary alicyclic amines) is 1. The summed E-state index contributed by atoms with van der Waals surface area (Å²) in [6.45, 7) is 4.73. The molecule has 1 aromatic carbocycles. The van der Waals surface area contributed by atoms with Crippen LogP contribution in [0.15, 0.2) is 48.7 Å². The monoisotopic (exact) mass is 378 g/mol. The van der Waals surface area contributed by atoms with E-state index < -0.39 is 5.41 Å². The number of nitrogens with zero attached hydrogens (tertiary/aromatic N) is 3. The molecule has 2 saturated heterocycles. The van der Waals surface area contributed by atoms with Gasteiger partial charge >= 0.3 is 0 Å². The van der Waals surface area contributed by atoms with Crippen molar-refractivity contribution in [2.24, 2.45) is 5.73 Å². The highest BCUT2D eigenvalue weighted by Gasteiger charge is 2.43. The third kappa shape index (κ3) is 3.76. The van der Waals surface area contributed by atoms with E-state index in [4.69, 9.17) is 5.73 Å².